The van der Waals surface area contributed by atoms with E-state index in [0.717, 1.165) is 93.6 Å². The van der Waals surface area contributed by atoms with Crippen LogP contribution in [0.2, 0.25) is 0 Å². The predicted molar refractivity (Wildman–Crippen MR) is 242 cm³/mol. The maximum atomic E-state index is 12.6. The van der Waals surface area contributed by atoms with Gasteiger partial charge in [-0.25, -0.2) is 0 Å². The number of ether oxygens (including phenoxy) is 4. The van der Waals surface area contributed by atoms with E-state index in [9.17, 15) is 15.0 Å². The smallest absolute Gasteiger partial charge is 0.302 e. The number of esters is 1. The van der Waals surface area contributed by atoms with Crippen LogP contribution in [-0.2, 0) is 27.8 Å². The van der Waals surface area contributed by atoms with E-state index in [0.29, 0.717) is 48.3 Å². The van der Waals surface area contributed by atoms with Crippen molar-refractivity contribution in [2.24, 2.45) is 17.1 Å². The molecule has 3 saturated carbocycles. The minimum Gasteiger partial charge on any atom is -0.508 e. The molecule has 7 unspecified atom stereocenters. The SMILES string of the molecule is COc1cc(O)cc2c1-c1ccc3c4c1C1(CCC(CC5=C(C#CCc6cc(O)c7c(c6C(O4)C3COC(C)=O)C=CC(NC3CCCC4(CCCC4)C3)CO7)NC(N)C=C5)C1)C2. The molecule has 0 aromatic heterocycles. The van der Waals surface area contributed by atoms with Crippen molar-refractivity contribution in [3.8, 4) is 51.7 Å². The Morgan fingerprint density at radius 3 is 2.71 bits per heavy atom. The third-order valence-corrected chi connectivity index (χ3v) is 15.9. The number of nitrogens with one attached hydrogen (secondary N) is 2. The van der Waals surface area contributed by atoms with Gasteiger partial charge in [0.1, 0.15) is 36.6 Å². The maximum absolute atomic E-state index is 12.6. The number of hydrogen-bond acceptors (Lipinski definition) is 10. The van der Waals surface area contributed by atoms with Crippen molar-refractivity contribution in [1.82, 2.24) is 10.6 Å². The summed E-state index contributed by atoms with van der Waals surface area (Å²) in [5, 5.41) is 30.3. The van der Waals surface area contributed by atoms with Crippen molar-refractivity contribution >= 4 is 12.0 Å². The Kier molecular flexibility index (Phi) is 10.1. The highest BCUT2D eigenvalue weighted by Gasteiger charge is 2.51. The highest BCUT2D eigenvalue weighted by Crippen LogP contribution is 2.63. The monoisotopic (exact) mass is 849 g/mol. The Hall–Kier alpha value is -5.37. The molecule has 8 aliphatic rings. The standard InChI is InChI=1S/C53H59N3O7/c1-30(57)61-29-41-38-13-14-39-46-34(22-37(58)24-44(46)60-2)26-53-20-16-31(25-53)21-32-10-15-45(54)56-42(32)9-5-7-33-23-43(59)49-40(47(33)50(41)63-51(38)48(39)53)12-11-36(28-62-49)55-35-8-6-19-52(27-35)17-3-4-18-52/h10-15,22-24,31,35-36,41,45,50,55-56,58-59H,3-4,6-8,16-21,25-29,54H2,1-2H3. The molecule has 328 valence electrons. The summed E-state index contributed by atoms with van der Waals surface area (Å²) in [5.74, 6) is 8.70. The molecule has 10 heteroatoms. The van der Waals surface area contributed by atoms with E-state index >= 15 is 0 Å². The number of phenols is 2. The lowest BCUT2D eigenvalue weighted by Crippen LogP contribution is -2.45. The second kappa shape index (κ2) is 15.7. The fourth-order valence-electron chi connectivity index (χ4n) is 13.3. The van der Waals surface area contributed by atoms with Crippen molar-refractivity contribution in [3.63, 3.8) is 0 Å². The van der Waals surface area contributed by atoms with Crippen LogP contribution >= 0.6 is 0 Å². The van der Waals surface area contributed by atoms with E-state index in [1.165, 1.54) is 51.9 Å². The zero-order valence-corrected chi connectivity index (χ0v) is 36.5. The number of rotatable bonds is 5. The number of methoxy groups -OCH3 is 1. The Balaban J connectivity index is 1.08. The molecule has 10 nitrogen and oxygen atoms in total. The summed E-state index contributed by atoms with van der Waals surface area (Å²) in [4.78, 5) is 12.6. The highest BCUT2D eigenvalue weighted by atomic mass is 16.5. The summed E-state index contributed by atoms with van der Waals surface area (Å²) in [6.07, 6.45) is 22.5. The fraction of sp³-hybridized carbons (Fsp3) is 0.491. The molecule has 2 spiro atoms. The average molecular weight is 850 g/mol. The number of fused-ring (bicyclic) bond motifs is 8. The van der Waals surface area contributed by atoms with Crippen molar-refractivity contribution in [3.05, 3.63) is 93.2 Å². The first-order valence-corrected chi connectivity index (χ1v) is 23.3. The van der Waals surface area contributed by atoms with Crippen LogP contribution in [0.5, 0.6) is 28.7 Å². The number of carbonyl (C=O) groups excluding carboxylic acids is 1. The zero-order valence-electron chi connectivity index (χ0n) is 36.5. The van der Waals surface area contributed by atoms with Crippen LogP contribution in [0.15, 0.2) is 59.8 Å². The summed E-state index contributed by atoms with van der Waals surface area (Å²) < 4.78 is 26.1. The van der Waals surface area contributed by atoms with Crippen LogP contribution in [0.25, 0.3) is 17.2 Å². The first-order chi connectivity index (χ1) is 30.6. The van der Waals surface area contributed by atoms with Crippen LogP contribution in [0.4, 0.5) is 0 Å². The number of dihydropyridines is 1. The summed E-state index contributed by atoms with van der Waals surface area (Å²) in [6, 6.07) is 10.1. The molecule has 4 aliphatic carbocycles. The van der Waals surface area contributed by atoms with Gasteiger partial charge in [-0.15, -0.1) is 0 Å². The molecule has 4 aliphatic heterocycles. The van der Waals surface area contributed by atoms with Crippen LogP contribution < -0.4 is 30.6 Å². The Morgan fingerprint density at radius 1 is 1.02 bits per heavy atom. The largest absolute Gasteiger partial charge is 0.508 e. The van der Waals surface area contributed by atoms with Gasteiger partial charge in [-0.05, 0) is 122 Å². The lowest BCUT2D eigenvalue weighted by molar-refractivity contribution is -0.141. The van der Waals surface area contributed by atoms with Gasteiger partial charge in [-0.2, -0.15) is 0 Å². The molecular formula is C53H59N3O7. The molecular weight excluding hydrogens is 791 g/mol. The van der Waals surface area contributed by atoms with Gasteiger partial charge < -0.3 is 45.5 Å². The number of hydrogen-bond donors (Lipinski definition) is 5. The molecule has 3 aromatic rings. The van der Waals surface area contributed by atoms with Crippen molar-refractivity contribution in [1.29, 1.82) is 0 Å². The van der Waals surface area contributed by atoms with Crippen LogP contribution in [0.1, 0.15) is 129 Å². The van der Waals surface area contributed by atoms with Gasteiger partial charge in [0.05, 0.1) is 30.9 Å². The molecule has 0 amide bonds. The Morgan fingerprint density at radius 2 is 1.87 bits per heavy atom. The predicted octanol–water partition coefficient (Wildman–Crippen LogP) is 8.66. The lowest BCUT2D eigenvalue weighted by atomic mass is 9.65. The number of nitrogens with two attached hydrogens (primary N) is 1. The van der Waals surface area contributed by atoms with Crippen LogP contribution in [-0.4, -0.2) is 54.8 Å². The van der Waals surface area contributed by atoms with E-state index in [-0.39, 0.29) is 47.6 Å². The third-order valence-electron chi connectivity index (χ3n) is 15.9. The van der Waals surface area contributed by atoms with Crippen molar-refractivity contribution in [2.45, 2.75) is 133 Å². The van der Waals surface area contributed by atoms with Gasteiger partial charge in [0.2, 0.25) is 0 Å². The van der Waals surface area contributed by atoms with Gasteiger partial charge in [0.25, 0.3) is 0 Å². The molecule has 6 N–H and O–H groups in total. The van der Waals surface area contributed by atoms with Gasteiger partial charge in [0.15, 0.2) is 11.5 Å². The van der Waals surface area contributed by atoms with Gasteiger partial charge in [-0.1, -0.05) is 55.5 Å². The van der Waals surface area contributed by atoms with E-state index in [4.69, 9.17) is 24.7 Å². The third kappa shape index (κ3) is 7.07. The highest BCUT2D eigenvalue weighted by molar-refractivity contribution is 5.84. The number of carbonyl (C=O) groups is 1. The average Bonchev–Trinajstić information content (AvgIpc) is 3.94. The zero-order chi connectivity index (χ0) is 43.0. The van der Waals surface area contributed by atoms with Crippen molar-refractivity contribution < 1.29 is 34.0 Å². The Bertz CT molecular complexity index is 2540. The quantitative estimate of drug-likeness (QED) is 0.125. The second-order valence-corrected chi connectivity index (χ2v) is 19.9. The van der Waals surface area contributed by atoms with Crippen molar-refractivity contribution in [2.75, 3.05) is 20.3 Å². The minimum atomic E-state index is -0.600. The molecule has 11 rings (SSSR count). The first kappa shape index (κ1) is 40.4. The minimum absolute atomic E-state index is 0.0498. The maximum Gasteiger partial charge on any atom is 0.302 e. The van der Waals surface area contributed by atoms with E-state index in [1.54, 1.807) is 19.2 Å². The van der Waals surface area contributed by atoms with Gasteiger partial charge >= 0.3 is 5.97 Å². The Labute approximate surface area is 370 Å². The van der Waals surface area contributed by atoms with Crippen LogP contribution in [0.3, 0.4) is 0 Å². The number of benzene rings is 3. The topological polar surface area (TPSA) is 145 Å². The molecule has 4 bridgehead atoms. The van der Waals surface area contributed by atoms with Crippen LogP contribution in [0, 0.1) is 23.2 Å². The summed E-state index contributed by atoms with van der Waals surface area (Å²) in [7, 11) is 1.65. The molecule has 3 aromatic carbocycles. The van der Waals surface area contributed by atoms with Gasteiger partial charge in [-0.3, -0.25) is 4.79 Å². The van der Waals surface area contributed by atoms with Gasteiger partial charge in [0, 0.05) is 58.7 Å². The molecule has 4 heterocycles. The molecule has 0 radical (unpaired) electrons. The molecule has 63 heavy (non-hydrogen) atoms. The summed E-state index contributed by atoms with van der Waals surface area (Å²) in [5.41, 5.74) is 16.2. The summed E-state index contributed by atoms with van der Waals surface area (Å²) >= 11 is 0. The molecule has 0 saturated heterocycles. The number of phenolic OH excluding ortho intramolecular Hbond substituents is 2. The summed E-state index contributed by atoms with van der Waals surface area (Å²) in [6.45, 7) is 1.94. The number of aromatic hydroxyl groups is 2. The number of allylic oxidation sites excluding steroid dienone is 3. The second-order valence-electron chi connectivity index (χ2n) is 19.9. The van der Waals surface area contributed by atoms with E-state index in [1.807, 2.05) is 12.1 Å². The van der Waals surface area contributed by atoms with E-state index in [2.05, 4.69) is 52.8 Å². The van der Waals surface area contributed by atoms with E-state index < -0.39 is 6.10 Å². The molecule has 7 atom stereocenters. The fourth-order valence-corrected chi connectivity index (χ4v) is 13.3. The normalized spacial score (nSPS) is 29.3. The first-order valence-electron chi connectivity index (χ1n) is 23.3. The lowest BCUT2D eigenvalue weighted by Gasteiger charge is -2.39. The molecule has 3 fully saturated rings.